The van der Waals surface area contributed by atoms with Gasteiger partial charge in [0.25, 0.3) is 11.6 Å². The highest BCUT2D eigenvalue weighted by atomic mass is 16.6. The molecule has 2 rings (SSSR count). The van der Waals surface area contributed by atoms with Crippen molar-refractivity contribution >= 4 is 17.3 Å². The number of nitro benzene ring substituents is 1. The first-order valence-electron chi connectivity index (χ1n) is 6.52. The number of nitrogens with one attached hydrogen (secondary N) is 1. The molecule has 1 N–H and O–H groups in total. The van der Waals surface area contributed by atoms with Crippen molar-refractivity contribution in [3.63, 3.8) is 0 Å². The fourth-order valence-electron chi connectivity index (χ4n) is 2.21. The van der Waals surface area contributed by atoms with Gasteiger partial charge in [0.1, 0.15) is 0 Å². The predicted octanol–water partition coefficient (Wildman–Crippen LogP) is 3.77. The van der Waals surface area contributed by atoms with Crippen LogP contribution < -0.4 is 5.32 Å². The van der Waals surface area contributed by atoms with Crippen molar-refractivity contribution in [2.24, 2.45) is 0 Å². The molecule has 0 saturated heterocycles. The summed E-state index contributed by atoms with van der Waals surface area (Å²) < 4.78 is 0. The van der Waals surface area contributed by atoms with E-state index < -0.39 is 4.92 Å². The number of aryl methyl sites for hydroxylation is 2. The SMILES string of the molecule is Cc1ccc(C(=O)Nc2cccc([N+](=O)[O-])c2C)c(C)c1. The van der Waals surface area contributed by atoms with Crippen LogP contribution in [0.5, 0.6) is 0 Å². The molecular formula is C16H16N2O3. The first-order valence-corrected chi connectivity index (χ1v) is 6.52. The van der Waals surface area contributed by atoms with E-state index in [1.165, 1.54) is 6.07 Å². The molecular weight excluding hydrogens is 268 g/mol. The van der Waals surface area contributed by atoms with Gasteiger partial charge < -0.3 is 5.32 Å². The normalized spacial score (nSPS) is 10.2. The summed E-state index contributed by atoms with van der Waals surface area (Å²) in [6.07, 6.45) is 0. The van der Waals surface area contributed by atoms with Gasteiger partial charge in [-0.2, -0.15) is 0 Å². The number of amides is 1. The molecule has 0 aliphatic heterocycles. The topological polar surface area (TPSA) is 72.2 Å². The molecule has 0 radical (unpaired) electrons. The molecule has 0 aliphatic rings. The summed E-state index contributed by atoms with van der Waals surface area (Å²) in [7, 11) is 0. The summed E-state index contributed by atoms with van der Waals surface area (Å²) in [5.74, 6) is -0.268. The number of benzene rings is 2. The van der Waals surface area contributed by atoms with Gasteiger partial charge in [-0.3, -0.25) is 14.9 Å². The van der Waals surface area contributed by atoms with Crippen LogP contribution in [-0.2, 0) is 0 Å². The van der Waals surface area contributed by atoms with Gasteiger partial charge >= 0.3 is 0 Å². The van der Waals surface area contributed by atoms with E-state index in [1.807, 2.05) is 26.0 Å². The minimum absolute atomic E-state index is 0.00609. The highest BCUT2D eigenvalue weighted by Crippen LogP contribution is 2.25. The third-order valence-electron chi connectivity index (χ3n) is 3.38. The smallest absolute Gasteiger partial charge is 0.274 e. The first-order chi connectivity index (χ1) is 9.90. The second-order valence-corrected chi connectivity index (χ2v) is 4.98. The monoisotopic (exact) mass is 284 g/mol. The molecule has 0 fully saturated rings. The second-order valence-electron chi connectivity index (χ2n) is 4.98. The van der Waals surface area contributed by atoms with E-state index in [4.69, 9.17) is 0 Å². The lowest BCUT2D eigenvalue weighted by Gasteiger charge is -2.10. The molecule has 2 aromatic rings. The van der Waals surface area contributed by atoms with E-state index in [0.29, 0.717) is 16.8 Å². The number of carbonyl (C=O) groups excluding carboxylic acids is 1. The maximum Gasteiger partial charge on any atom is 0.274 e. The fourth-order valence-corrected chi connectivity index (χ4v) is 2.21. The van der Waals surface area contributed by atoms with Gasteiger partial charge in [-0.05, 0) is 38.5 Å². The van der Waals surface area contributed by atoms with Crippen LogP contribution in [0.25, 0.3) is 0 Å². The molecule has 0 spiro atoms. The molecule has 0 aromatic heterocycles. The van der Waals surface area contributed by atoms with Crippen LogP contribution >= 0.6 is 0 Å². The third kappa shape index (κ3) is 3.08. The second kappa shape index (κ2) is 5.75. The summed E-state index contributed by atoms with van der Waals surface area (Å²) in [6, 6.07) is 10.2. The van der Waals surface area contributed by atoms with Crippen LogP contribution in [0.2, 0.25) is 0 Å². The van der Waals surface area contributed by atoms with E-state index in [-0.39, 0.29) is 11.6 Å². The van der Waals surface area contributed by atoms with E-state index in [9.17, 15) is 14.9 Å². The Labute approximate surface area is 122 Å². The summed E-state index contributed by atoms with van der Waals surface area (Å²) in [5, 5.41) is 13.7. The van der Waals surface area contributed by atoms with Gasteiger partial charge in [-0.25, -0.2) is 0 Å². The quantitative estimate of drug-likeness (QED) is 0.688. The van der Waals surface area contributed by atoms with Crippen molar-refractivity contribution in [3.8, 4) is 0 Å². The minimum atomic E-state index is -0.456. The average molecular weight is 284 g/mol. The number of rotatable bonds is 3. The largest absolute Gasteiger partial charge is 0.321 e. The number of nitrogens with zero attached hydrogens (tertiary/aromatic N) is 1. The Morgan fingerprint density at radius 3 is 2.48 bits per heavy atom. The van der Waals surface area contributed by atoms with E-state index >= 15 is 0 Å². The van der Waals surface area contributed by atoms with Crippen molar-refractivity contribution in [2.75, 3.05) is 5.32 Å². The highest BCUT2D eigenvalue weighted by molar-refractivity contribution is 6.05. The lowest BCUT2D eigenvalue weighted by atomic mass is 10.0. The molecule has 0 saturated carbocycles. The van der Waals surface area contributed by atoms with Crippen LogP contribution in [0.1, 0.15) is 27.0 Å². The van der Waals surface area contributed by atoms with Crippen LogP contribution in [0.3, 0.4) is 0 Å². The van der Waals surface area contributed by atoms with E-state index in [2.05, 4.69) is 5.32 Å². The van der Waals surface area contributed by atoms with Crippen LogP contribution in [-0.4, -0.2) is 10.8 Å². The molecule has 0 bridgehead atoms. The van der Waals surface area contributed by atoms with Crippen LogP contribution in [0.4, 0.5) is 11.4 Å². The standard InChI is InChI=1S/C16H16N2O3/c1-10-7-8-13(11(2)9-10)16(19)17-14-5-4-6-15(12(14)3)18(20)21/h4-9H,1-3H3,(H,17,19). The van der Waals surface area contributed by atoms with Gasteiger partial charge in [0, 0.05) is 11.6 Å². The summed E-state index contributed by atoms with van der Waals surface area (Å²) in [6.45, 7) is 5.44. The molecule has 0 heterocycles. The van der Waals surface area contributed by atoms with Crippen molar-refractivity contribution in [1.29, 1.82) is 0 Å². The van der Waals surface area contributed by atoms with Crippen molar-refractivity contribution in [1.82, 2.24) is 0 Å². The first kappa shape index (κ1) is 14.7. The molecule has 0 unspecified atom stereocenters. The Morgan fingerprint density at radius 2 is 1.86 bits per heavy atom. The zero-order chi connectivity index (χ0) is 15.6. The Balaban J connectivity index is 2.32. The molecule has 108 valence electrons. The molecule has 5 heteroatoms. The third-order valence-corrected chi connectivity index (χ3v) is 3.38. The van der Waals surface area contributed by atoms with E-state index in [1.54, 1.807) is 25.1 Å². The lowest BCUT2D eigenvalue weighted by molar-refractivity contribution is -0.385. The molecule has 1 amide bonds. The summed E-state index contributed by atoms with van der Waals surface area (Å²) >= 11 is 0. The van der Waals surface area contributed by atoms with Gasteiger partial charge in [0.15, 0.2) is 0 Å². The summed E-state index contributed by atoms with van der Waals surface area (Å²) in [5.41, 5.74) is 3.40. The van der Waals surface area contributed by atoms with Crippen molar-refractivity contribution < 1.29 is 9.72 Å². The van der Waals surface area contributed by atoms with Crippen molar-refractivity contribution in [2.45, 2.75) is 20.8 Å². The Kier molecular flexibility index (Phi) is 4.03. The zero-order valence-electron chi connectivity index (χ0n) is 12.1. The summed E-state index contributed by atoms with van der Waals surface area (Å²) in [4.78, 5) is 22.8. The van der Waals surface area contributed by atoms with Crippen molar-refractivity contribution in [3.05, 3.63) is 68.8 Å². The number of hydrogen-bond donors (Lipinski definition) is 1. The van der Waals surface area contributed by atoms with Crippen LogP contribution in [0.15, 0.2) is 36.4 Å². The van der Waals surface area contributed by atoms with Gasteiger partial charge in [-0.15, -0.1) is 0 Å². The zero-order valence-corrected chi connectivity index (χ0v) is 12.1. The molecule has 0 atom stereocenters. The lowest BCUT2D eigenvalue weighted by Crippen LogP contribution is -2.14. The van der Waals surface area contributed by atoms with E-state index in [0.717, 1.165) is 11.1 Å². The minimum Gasteiger partial charge on any atom is -0.321 e. The number of hydrogen-bond acceptors (Lipinski definition) is 3. The number of anilines is 1. The Morgan fingerprint density at radius 1 is 1.14 bits per heavy atom. The highest BCUT2D eigenvalue weighted by Gasteiger charge is 2.16. The maximum atomic E-state index is 12.3. The molecule has 21 heavy (non-hydrogen) atoms. The van der Waals surface area contributed by atoms with Gasteiger partial charge in [-0.1, -0.05) is 23.8 Å². The fraction of sp³-hybridized carbons (Fsp3) is 0.188. The molecule has 0 aliphatic carbocycles. The predicted molar refractivity (Wildman–Crippen MR) is 81.7 cm³/mol. The molecule has 2 aromatic carbocycles. The molecule has 5 nitrogen and oxygen atoms in total. The number of nitro groups is 1. The van der Waals surface area contributed by atoms with Gasteiger partial charge in [0.2, 0.25) is 0 Å². The Bertz CT molecular complexity index is 723. The number of carbonyl (C=O) groups is 1. The van der Waals surface area contributed by atoms with Crippen LogP contribution in [0, 0.1) is 30.9 Å². The maximum absolute atomic E-state index is 12.3. The van der Waals surface area contributed by atoms with Gasteiger partial charge in [0.05, 0.1) is 16.2 Å². The Hall–Kier alpha value is -2.69. The average Bonchev–Trinajstić information content (AvgIpc) is 2.40.